The third-order valence-electron chi connectivity index (χ3n) is 3.27. The Morgan fingerprint density at radius 1 is 1.36 bits per heavy atom. The van der Waals surface area contributed by atoms with Gasteiger partial charge in [0, 0.05) is 6.54 Å². The number of nitrogens with one attached hydrogen (secondary N) is 1. The lowest BCUT2D eigenvalue weighted by Gasteiger charge is -2.05. The zero-order chi connectivity index (χ0) is 18.0. The van der Waals surface area contributed by atoms with E-state index in [1.165, 1.54) is 0 Å². The van der Waals surface area contributed by atoms with E-state index in [0.717, 1.165) is 16.9 Å². The molecule has 0 unspecified atom stereocenters. The summed E-state index contributed by atoms with van der Waals surface area (Å²) in [6, 6.07) is 7.36. The molecule has 3 aromatic rings. The van der Waals surface area contributed by atoms with Gasteiger partial charge in [-0.25, -0.2) is 0 Å². The van der Waals surface area contributed by atoms with Gasteiger partial charge in [0.15, 0.2) is 0 Å². The minimum absolute atomic E-state index is 0.0923. The maximum absolute atomic E-state index is 12.7. The second-order valence-corrected chi connectivity index (χ2v) is 5.94. The second-order valence-electron chi connectivity index (χ2n) is 4.98. The highest BCUT2D eigenvalue weighted by Crippen LogP contribution is 2.28. The topological polar surface area (TPSA) is 81.4 Å². The van der Waals surface area contributed by atoms with Crippen molar-refractivity contribution in [3.8, 4) is 5.75 Å². The molecule has 1 amide bonds. The van der Waals surface area contributed by atoms with Crippen LogP contribution < -0.4 is 10.1 Å². The molecule has 2 heterocycles. The third-order valence-corrected chi connectivity index (χ3v) is 4.17. The fourth-order valence-electron chi connectivity index (χ4n) is 2.11. The average molecular weight is 371 g/mol. The number of fused-ring (bicyclic) bond motifs is 1. The van der Waals surface area contributed by atoms with Crippen molar-refractivity contribution in [1.29, 1.82) is 0 Å². The van der Waals surface area contributed by atoms with Crippen molar-refractivity contribution in [1.82, 2.24) is 25.1 Å². The van der Waals surface area contributed by atoms with Crippen LogP contribution in [0.3, 0.4) is 0 Å². The number of carbonyl (C=O) groups excluding carboxylic acids is 1. The van der Waals surface area contributed by atoms with E-state index in [9.17, 15) is 18.0 Å². The van der Waals surface area contributed by atoms with E-state index in [4.69, 9.17) is 4.74 Å². The van der Waals surface area contributed by atoms with Crippen molar-refractivity contribution >= 4 is 22.2 Å². The molecule has 0 bridgehead atoms. The minimum Gasteiger partial charge on any atom is -0.497 e. The first kappa shape index (κ1) is 17.1. The Labute approximate surface area is 143 Å². The molecular formula is C14H12F3N5O2S. The molecule has 7 nitrogen and oxygen atoms in total. The predicted octanol–water partition coefficient (Wildman–Crippen LogP) is 2.19. The number of ether oxygens (including phenoxy) is 1. The van der Waals surface area contributed by atoms with Crippen molar-refractivity contribution in [2.24, 2.45) is 0 Å². The standard InChI is InChI=1S/C14H12F3N5O2S/c1-24-9-4-2-3-8(7-9)5-6-18-10(23)11-21-22-12(14(15,16)17)19-20-13(22)25-11/h2-4,7H,5-6H2,1H3,(H,18,23). The summed E-state index contributed by atoms with van der Waals surface area (Å²) >= 11 is 0.741. The van der Waals surface area contributed by atoms with Crippen LogP contribution in [0, 0.1) is 0 Å². The number of aromatic nitrogens is 4. The smallest absolute Gasteiger partial charge is 0.453 e. The fraction of sp³-hybridized carbons (Fsp3) is 0.286. The molecule has 0 saturated carbocycles. The highest BCUT2D eigenvalue weighted by molar-refractivity contribution is 7.18. The number of alkyl halides is 3. The molecule has 2 aromatic heterocycles. The molecule has 11 heteroatoms. The van der Waals surface area contributed by atoms with E-state index >= 15 is 0 Å². The fourth-order valence-corrected chi connectivity index (χ4v) is 2.87. The summed E-state index contributed by atoms with van der Waals surface area (Å²) in [5, 5.41) is 12.6. The molecule has 1 aromatic carbocycles. The molecule has 25 heavy (non-hydrogen) atoms. The van der Waals surface area contributed by atoms with Gasteiger partial charge in [-0.1, -0.05) is 23.5 Å². The van der Waals surface area contributed by atoms with Gasteiger partial charge in [0.05, 0.1) is 7.11 Å². The van der Waals surface area contributed by atoms with Crippen molar-refractivity contribution in [2.75, 3.05) is 13.7 Å². The molecule has 0 aliphatic rings. The van der Waals surface area contributed by atoms with Crippen molar-refractivity contribution in [3.05, 3.63) is 40.7 Å². The molecular weight excluding hydrogens is 359 g/mol. The number of hydrogen-bond acceptors (Lipinski definition) is 6. The number of halogens is 3. The van der Waals surface area contributed by atoms with Crippen LogP contribution in [0.4, 0.5) is 13.2 Å². The molecule has 0 spiro atoms. The average Bonchev–Trinajstić information content (AvgIpc) is 3.14. The Hall–Kier alpha value is -2.69. The lowest BCUT2D eigenvalue weighted by atomic mass is 10.1. The molecule has 0 aliphatic carbocycles. The maximum Gasteiger partial charge on any atom is 0.453 e. The van der Waals surface area contributed by atoms with Crippen molar-refractivity contribution < 1.29 is 22.7 Å². The van der Waals surface area contributed by atoms with Crippen LogP contribution >= 0.6 is 11.3 Å². The maximum atomic E-state index is 12.7. The Morgan fingerprint density at radius 2 is 2.16 bits per heavy atom. The van der Waals surface area contributed by atoms with Gasteiger partial charge in [0.25, 0.3) is 11.7 Å². The molecule has 1 N–H and O–H groups in total. The van der Waals surface area contributed by atoms with Crippen molar-refractivity contribution in [2.45, 2.75) is 12.6 Å². The Bertz CT molecular complexity index is 905. The van der Waals surface area contributed by atoms with Crippen LogP contribution in [0.15, 0.2) is 24.3 Å². The highest BCUT2D eigenvalue weighted by atomic mass is 32.1. The summed E-state index contributed by atoms with van der Waals surface area (Å²) < 4.78 is 43.9. The Balaban J connectivity index is 1.65. The van der Waals surface area contributed by atoms with Crippen LogP contribution in [-0.4, -0.2) is 39.4 Å². The van der Waals surface area contributed by atoms with Crippen LogP contribution in [0.1, 0.15) is 21.2 Å². The summed E-state index contributed by atoms with van der Waals surface area (Å²) in [5.41, 5.74) is 0.956. The first-order valence-corrected chi connectivity index (χ1v) is 7.90. The zero-order valence-electron chi connectivity index (χ0n) is 12.9. The number of hydrogen-bond donors (Lipinski definition) is 1. The van der Waals surface area contributed by atoms with Crippen molar-refractivity contribution in [3.63, 3.8) is 0 Å². The van der Waals surface area contributed by atoms with Gasteiger partial charge in [-0.15, -0.1) is 15.3 Å². The van der Waals surface area contributed by atoms with Gasteiger partial charge in [-0.2, -0.15) is 17.7 Å². The number of benzene rings is 1. The summed E-state index contributed by atoms with van der Waals surface area (Å²) in [5.74, 6) is -1.11. The van der Waals surface area contributed by atoms with E-state index in [1.807, 2.05) is 18.2 Å². The highest BCUT2D eigenvalue weighted by Gasteiger charge is 2.38. The number of carbonyl (C=O) groups is 1. The number of nitrogens with zero attached hydrogens (tertiary/aromatic N) is 4. The normalized spacial score (nSPS) is 11.7. The molecule has 0 atom stereocenters. The Kier molecular flexibility index (Phi) is 4.57. The molecule has 3 rings (SSSR count). The van der Waals surface area contributed by atoms with Gasteiger partial charge in [0.2, 0.25) is 9.97 Å². The van der Waals surface area contributed by atoms with E-state index in [-0.39, 0.29) is 9.97 Å². The van der Waals surface area contributed by atoms with E-state index < -0.39 is 17.9 Å². The summed E-state index contributed by atoms with van der Waals surface area (Å²) in [7, 11) is 1.56. The van der Waals surface area contributed by atoms with Gasteiger partial charge >= 0.3 is 6.18 Å². The number of rotatable bonds is 5. The van der Waals surface area contributed by atoms with Crippen LogP contribution in [-0.2, 0) is 12.6 Å². The second kappa shape index (κ2) is 6.67. The van der Waals surface area contributed by atoms with Crippen LogP contribution in [0.5, 0.6) is 5.75 Å². The van der Waals surface area contributed by atoms with Gasteiger partial charge in [0.1, 0.15) is 5.75 Å². The first-order valence-electron chi connectivity index (χ1n) is 7.09. The molecule has 0 fully saturated rings. The largest absolute Gasteiger partial charge is 0.497 e. The zero-order valence-corrected chi connectivity index (χ0v) is 13.7. The summed E-state index contributed by atoms with van der Waals surface area (Å²) in [6.45, 7) is 0.304. The SMILES string of the molecule is COc1cccc(CCNC(=O)c2nn3c(C(F)(F)F)nnc3s2)c1. The third kappa shape index (κ3) is 3.71. The van der Waals surface area contributed by atoms with E-state index in [1.54, 1.807) is 13.2 Å². The quantitative estimate of drug-likeness (QED) is 0.744. The number of methoxy groups -OCH3 is 1. The lowest BCUT2D eigenvalue weighted by Crippen LogP contribution is -2.26. The lowest BCUT2D eigenvalue weighted by molar-refractivity contribution is -0.146. The Morgan fingerprint density at radius 3 is 2.88 bits per heavy atom. The van der Waals surface area contributed by atoms with Crippen LogP contribution in [0.2, 0.25) is 0 Å². The molecule has 0 saturated heterocycles. The monoisotopic (exact) mass is 371 g/mol. The van der Waals surface area contributed by atoms with Gasteiger partial charge in [-0.05, 0) is 24.1 Å². The summed E-state index contributed by atoms with van der Waals surface area (Å²) in [6.07, 6.45) is -4.14. The molecule has 0 aliphatic heterocycles. The molecule has 132 valence electrons. The van der Waals surface area contributed by atoms with Crippen LogP contribution in [0.25, 0.3) is 4.96 Å². The summed E-state index contributed by atoms with van der Waals surface area (Å²) in [4.78, 5) is 12.0. The van der Waals surface area contributed by atoms with Gasteiger partial charge in [-0.3, -0.25) is 4.79 Å². The molecule has 0 radical (unpaired) electrons. The van der Waals surface area contributed by atoms with Gasteiger partial charge < -0.3 is 10.1 Å². The minimum atomic E-state index is -4.69. The van der Waals surface area contributed by atoms with E-state index in [2.05, 4.69) is 20.6 Å². The van der Waals surface area contributed by atoms with E-state index in [0.29, 0.717) is 23.2 Å². The number of amides is 1. The first-order chi connectivity index (χ1) is 11.9. The predicted molar refractivity (Wildman–Crippen MR) is 82.7 cm³/mol.